The molecular weight excluding hydrogens is 463 g/mol. The Labute approximate surface area is 212 Å². The van der Waals surface area contributed by atoms with Crippen LogP contribution in [0.3, 0.4) is 0 Å². The molecule has 2 amide bonds. The Morgan fingerprint density at radius 2 is 1.97 bits per heavy atom. The SMILES string of the molecule is CC(C)(C=C(C#N)C(=O)N1CC[C@H](COC(=O)N[C@@H](Cc2ccccc2)B(O)O)C1)N1CCOCC1. The summed E-state index contributed by atoms with van der Waals surface area (Å²) in [6.45, 7) is 7.61. The highest BCUT2D eigenvalue weighted by Gasteiger charge is 2.33. The number of rotatable bonds is 9. The van der Waals surface area contributed by atoms with Gasteiger partial charge >= 0.3 is 13.2 Å². The molecule has 0 radical (unpaired) electrons. The first-order valence-corrected chi connectivity index (χ1v) is 12.3. The van der Waals surface area contributed by atoms with E-state index < -0.39 is 24.7 Å². The molecule has 3 rings (SSSR count). The molecular formula is C25H35BN4O6. The fourth-order valence-electron chi connectivity index (χ4n) is 4.54. The molecule has 1 aromatic carbocycles. The molecule has 3 N–H and O–H groups in total. The number of hydrogen-bond acceptors (Lipinski definition) is 8. The van der Waals surface area contributed by atoms with Gasteiger partial charge in [0.25, 0.3) is 5.91 Å². The molecule has 36 heavy (non-hydrogen) atoms. The first-order valence-electron chi connectivity index (χ1n) is 12.3. The number of hydrogen-bond donors (Lipinski definition) is 3. The summed E-state index contributed by atoms with van der Waals surface area (Å²) in [6, 6.07) is 11.2. The van der Waals surface area contributed by atoms with Crippen molar-refractivity contribution in [2.45, 2.75) is 38.2 Å². The van der Waals surface area contributed by atoms with E-state index in [9.17, 15) is 24.9 Å². The predicted octanol–water partition coefficient (Wildman–Crippen LogP) is 0.745. The predicted molar refractivity (Wildman–Crippen MR) is 133 cm³/mol. The number of carbonyl (C=O) groups is 2. The van der Waals surface area contributed by atoms with Gasteiger partial charge in [-0.2, -0.15) is 5.26 Å². The maximum absolute atomic E-state index is 13.0. The van der Waals surface area contributed by atoms with Crippen LogP contribution in [-0.2, 0) is 20.7 Å². The average Bonchev–Trinajstić information content (AvgIpc) is 3.35. The molecule has 0 spiro atoms. The van der Waals surface area contributed by atoms with E-state index in [0.29, 0.717) is 32.7 Å². The summed E-state index contributed by atoms with van der Waals surface area (Å²) in [5.74, 6) is -1.31. The fourth-order valence-corrected chi connectivity index (χ4v) is 4.54. The number of alkyl carbamates (subject to hydrolysis) is 1. The molecule has 0 aliphatic carbocycles. The largest absolute Gasteiger partial charge is 0.475 e. The third-order valence-corrected chi connectivity index (χ3v) is 6.66. The third kappa shape index (κ3) is 7.80. The monoisotopic (exact) mass is 498 g/mol. The Hall–Kier alpha value is -2.91. The van der Waals surface area contributed by atoms with Crippen molar-refractivity contribution in [3.63, 3.8) is 0 Å². The lowest BCUT2D eigenvalue weighted by Crippen LogP contribution is -2.49. The second-order valence-electron chi connectivity index (χ2n) is 9.78. The van der Waals surface area contributed by atoms with Gasteiger partial charge in [-0.05, 0) is 38.3 Å². The van der Waals surface area contributed by atoms with E-state index in [1.54, 1.807) is 11.0 Å². The minimum absolute atomic E-state index is 0.0708. The summed E-state index contributed by atoms with van der Waals surface area (Å²) >= 11 is 0. The first-order chi connectivity index (χ1) is 17.2. The number of benzene rings is 1. The third-order valence-electron chi connectivity index (χ3n) is 6.66. The summed E-state index contributed by atoms with van der Waals surface area (Å²) in [6.07, 6.45) is 1.85. The summed E-state index contributed by atoms with van der Waals surface area (Å²) in [5.41, 5.74) is 0.490. The summed E-state index contributed by atoms with van der Waals surface area (Å²) < 4.78 is 10.7. The van der Waals surface area contributed by atoms with Crippen molar-refractivity contribution >= 4 is 19.1 Å². The molecule has 194 valence electrons. The number of nitriles is 1. The highest BCUT2D eigenvalue weighted by atomic mass is 16.5. The van der Waals surface area contributed by atoms with Crippen LogP contribution in [0.2, 0.25) is 0 Å². The Morgan fingerprint density at radius 3 is 2.61 bits per heavy atom. The van der Waals surface area contributed by atoms with Gasteiger partial charge in [0.1, 0.15) is 11.6 Å². The molecule has 0 aromatic heterocycles. The van der Waals surface area contributed by atoms with Crippen molar-refractivity contribution in [2.75, 3.05) is 46.0 Å². The van der Waals surface area contributed by atoms with E-state index in [4.69, 9.17) is 9.47 Å². The van der Waals surface area contributed by atoms with E-state index in [2.05, 4.69) is 16.3 Å². The molecule has 2 aliphatic heterocycles. The lowest BCUT2D eigenvalue weighted by atomic mass is 9.76. The lowest BCUT2D eigenvalue weighted by Gasteiger charge is -2.39. The van der Waals surface area contributed by atoms with Gasteiger partial charge in [0.05, 0.1) is 25.8 Å². The van der Waals surface area contributed by atoms with Crippen LogP contribution >= 0.6 is 0 Å². The number of likely N-dealkylation sites (tertiary alicyclic amines) is 1. The first kappa shape index (κ1) is 27.7. The van der Waals surface area contributed by atoms with Crippen molar-refractivity contribution in [1.29, 1.82) is 5.26 Å². The van der Waals surface area contributed by atoms with Crippen LogP contribution in [0.25, 0.3) is 0 Å². The van der Waals surface area contributed by atoms with Gasteiger partial charge in [-0.1, -0.05) is 30.3 Å². The fraction of sp³-hybridized carbons (Fsp3) is 0.560. The van der Waals surface area contributed by atoms with Crippen molar-refractivity contribution in [3.05, 3.63) is 47.5 Å². The van der Waals surface area contributed by atoms with Gasteiger partial charge in [-0.15, -0.1) is 0 Å². The van der Waals surface area contributed by atoms with Crippen molar-refractivity contribution in [3.8, 4) is 6.07 Å². The highest BCUT2D eigenvalue weighted by Crippen LogP contribution is 2.23. The standard InChI is InChI=1S/C25H35BN4O6/c1-25(2,30-10-12-35-13-11-30)15-21(16-27)23(31)29-9-8-20(17-29)18-36-24(32)28-22(26(33)34)14-19-6-4-3-5-7-19/h3-7,15,20,22,33-34H,8-14,17-18H2,1-2H3,(H,28,32)/t20-,22-/m0/s1. The summed E-state index contributed by atoms with van der Waals surface area (Å²) in [4.78, 5) is 29.1. The van der Waals surface area contributed by atoms with E-state index in [0.717, 1.165) is 18.7 Å². The van der Waals surface area contributed by atoms with Gasteiger partial charge in [0.2, 0.25) is 0 Å². The number of nitrogens with zero attached hydrogens (tertiary/aromatic N) is 3. The van der Waals surface area contributed by atoms with E-state index in [-0.39, 0.29) is 30.4 Å². The van der Waals surface area contributed by atoms with Crippen LogP contribution in [0, 0.1) is 17.2 Å². The van der Waals surface area contributed by atoms with Crippen LogP contribution in [0.4, 0.5) is 4.79 Å². The second kappa shape index (κ2) is 12.9. The Morgan fingerprint density at radius 1 is 1.28 bits per heavy atom. The molecule has 2 atom stereocenters. The quantitative estimate of drug-likeness (QED) is 0.258. The number of amides is 2. The van der Waals surface area contributed by atoms with E-state index >= 15 is 0 Å². The maximum Gasteiger partial charge on any atom is 0.475 e. The van der Waals surface area contributed by atoms with Crippen LogP contribution in [-0.4, -0.2) is 96.4 Å². The summed E-state index contributed by atoms with van der Waals surface area (Å²) in [5, 5.41) is 31.4. The molecule has 2 fully saturated rings. The average molecular weight is 498 g/mol. The smallest absolute Gasteiger partial charge is 0.449 e. The molecule has 2 heterocycles. The molecule has 0 saturated carbocycles. The minimum atomic E-state index is -1.74. The van der Waals surface area contributed by atoms with E-state index in [1.165, 1.54) is 0 Å². The van der Waals surface area contributed by atoms with Gasteiger partial charge in [-0.25, -0.2) is 4.79 Å². The van der Waals surface area contributed by atoms with Crippen LogP contribution < -0.4 is 5.32 Å². The summed E-state index contributed by atoms with van der Waals surface area (Å²) in [7, 11) is -1.74. The number of morpholine rings is 1. The zero-order chi connectivity index (χ0) is 26.1. The molecule has 0 bridgehead atoms. The van der Waals surface area contributed by atoms with Gasteiger partial charge in [0.15, 0.2) is 0 Å². The van der Waals surface area contributed by atoms with Gasteiger partial charge in [0, 0.05) is 37.6 Å². The van der Waals surface area contributed by atoms with Gasteiger partial charge in [-0.3, -0.25) is 9.69 Å². The van der Waals surface area contributed by atoms with Crippen LogP contribution in [0.1, 0.15) is 25.8 Å². The Bertz CT molecular complexity index is 959. The maximum atomic E-state index is 13.0. The van der Waals surface area contributed by atoms with Crippen molar-refractivity contribution in [2.24, 2.45) is 5.92 Å². The van der Waals surface area contributed by atoms with Crippen molar-refractivity contribution in [1.82, 2.24) is 15.1 Å². The number of ether oxygens (including phenoxy) is 2. The second-order valence-corrected chi connectivity index (χ2v) is 9.78. The molecule has 2 saturated heterocycles. The zero-order valence-corrected chi connectivity index (χ0v) is 20.9. The molecule has 2 aliphatic rings. The molecule has 0 unspecified atom stereocenters. The highest BCUT2D eigenvalue weighted by molar-refractivity contribution is 6.43. The van der Waals surface area contributed by atoms with Crippen LogP contribution in [0.15, 0.2) is 42.0 Å². The normalized spacial score (nSPS) is 19.9. The van der Waals surface area contributed by atoms with Crippen molar-refractivity contribution < 1.29 is 29.1 Å². The minimum Gasteiger partial charge on any atom is -0.449 e. The molecule has 11 heteroatoms. The Balaban J connectivity index is 1.49. The van der Waals surface area contributed by atoms with E-state index in [1.807, 2.05) is 44.2 Å². The number of carbonyl (C=O) groups excluding carboxylic acids is 2. The molecule has 10 nitrogen and oxygen atoms in total. The van der Waals surface area contributed by atoms with Crippen LogP contribution in [0.5, 0.6) is 0 Å². The number of nitrogens with one attached hydrogen (secondary N) is 1. The van der Waals surface area contributed by atoms with Gasteiger partial charge < -0.3 is 29.7 Å². The molecule has 1 aromatic rings. The topological polar surface area (TPSA) is 135 Å². The lowest BCUT2D eigenvalue weighted by molar-refractivity contribution is -0.126. The zero-order valence-electron chi connectivity index (χ0n) is 20.9. The Kier molecular flexibility index (Phi) is 9.90.